The summed E-state index contributed by atoms with van der Waals surface area (Å²) in [5.74, 6) is -15.5. The molecule has 1 rings (SSSR count). The number of aliphatic imine (C=N–C) groups is 1. The molecule has 0 heterocycles. The van der Waals surface area contributed by atoms with Gasteiger partial charge in [0.1, 0.15) is 0 Å². The SMILES string of the molecule is COC(=O)C(F)(F)C(F)(F)C(N)=NC(=N)c1ccc(N)cc1. The number of nitrogen functional groups attached to an aromatic ring is 1. The van der Waals surface area contributed by atoms with E-state index in [1.165, 1.54) is 24.3 Å². The predicted octanol–water partition coefficient (Wildman–Crippen LogP) is 1.39. The number of carbonyl (C=O) groups is 1. The molecule has 0 amide bonds. The lowest BCUT2D eigenvalue weighted by Crippen LogP contribution is -2.55. The summed E-state index contributed by atoms with van der Waals surface area (Å²) in [6.45, 7) is 0. The number of amidine groups is 2. The number of hydrogen-bond acceptors (Lipinski definition) is 4. The van der Waals surface area contributed by atoms with Crippen molar-refractivity contribution in [2.45, 2.75) is 11.8 Å². The van der Waals surface area contributed by atoms with Crippen LogP contribution in [0.3, 0.4) is 0 Å². The van der Waals surface area contributed by atoms with E-state index >= 15 is 0 Å². The summed E-state index contributed by atoms with van der Waals surface area (Å²) in [6, 6.07) is 5.25. The molecule has 0 saturated heterocycles. The van der Waals surface area contributed by atoms with E-state index in [0.717, 1.165) is 0 Å². The summed E-state index contributed by atoms with van der Waals surface area (Å²) in [4.78, 5) is 13.7. The van der Waals surface area contributed by atoms with Crippen LogP contribution in [0.2, 0.25) is 0 Å². The number of nitrogens with zero attached hydrogens (tertiary/aromatic N) is 1. The van der Waals surface area contributed by atoms with Crippen LogP contribution in [0.25, 0.3) is 0 Å². The molecule has 6 nitrogen and oxygen atoms in total. The summed E-state index contributed by atoms with van der Waals surface area (Å²) < 4.78 is 57.3. The maximum absolute atomic E-state index is 13.5. The van der Waals surface area contributed by atoms with Crippen LogP contribution in [-0.2, 0) is 9.53 Å². The summed E-state index contributed by atoms with van der Waals surface area (Å²) in [5.41, 5.74) is 10.6. The number of esters is 1. The fraction of sp³-hybridized carbons (Fsp3) is 0.250. The maximum atomic E-state index is 13.5. The quantitative estimate of drug-likeness (QED) is 0.256. The minimum Gasteiger partial charge on any atom is -0.464 e. The fourth-order valence-corrected chi connectivity index (χ4v) is 1.31. The standard InChI is InChI=1S/C12H12F4N4O2/c1-22-10(21)12(15,16)11(13,14)9(19)20-8(18)6-2-4-7(17)5-3-6/h2-5H,17H2,1H3,(H3,18,19,20). The number of rotatable bonds is 4. The molecule has 0 aliphatic carbocycles. The number of benzene rings is 1. The van der Waals surface area contributed by atoms with Crippen molar-refractivity contribution in [2.24, 2.45) is 10.7 Å². The van der Waals surface area contributed by atoms with Gasteiger partial charge < -0.3 is 16.2 Å². The Kier molecular flexibility index (Phi) is 4.74. The Bertz CT molecular complexity index is 614. The third kappa shape index (κ3) is 3.15. The van der Waals surface area contributed by atoms with Crippen molar-refractivity contribution in [1.82, 2.24) is 0 Å². The number of anilines is 1. The Balaban J connectivity index is 3.12. The van der Waals surface area contributed by atoms with Crippen molar-refractivity contribution < 1.29 is 27.1 Å². The van der Waals surface area contributed by atoms with Gasteiger partial charge in [-0.2, -0.15) is 17.6 Å². The minimum absolute atomic E-state index is 0.0225. The first-order valence-corrected chi connectivity index (χ1v) is 5.67. The molecule has 1 aromatic carbocycles. The third-order valence-electron chi connectivity index (χ3n) is 2.57. The van der Waals surface area contributed by atoms with Gasteiger partial charge in [-0.3, -0.25) is 5.41 Å². The van der Waals surface area contributed by atoms with Gasteiger partial charge in [-0.1, -0.05) is 0 Å². The summed E-state index contributed by atoms with van der Waals surface area (Å²) in [7, 11) is 0.524. The number of methoxy groups -OCH3 is 1. The molecule has 0 bridgehead atoms. The van der Waals surface area contributed by atoms with E-state index < -0.39 is 29.5 Å². The van der Waals surface area contributed by atoms with E-state index in [2.05, 4.69) is 9.73 Å². The number of carbonyl (C=O) groups excluding carboxylic acids is 1. The lowest BCUT2D eigenvalue weighted by molar-refractivity contribution is -0.205. The van der Waals surface area contributed by atoms with Crippen molar-refractivity contribution in [1.29, 1.82) is 5.41 Å². The van der Waals surface area contributed by atoms with Crippen LogP contribution in [0.15, 0.2) is 29.3 Å². The third-order valence-corrected chi connectivity index (χ3v) is 2.57. The molecule has 0 fully saturated rings. The second-order valence-corrected chi connectivity index (χ2v) is 4.11. The first-order valence-electron chi connectivity index (χ1n) is 5.67. The minimum atomic E-state index is -5.21. The number of nitrogens with one attached hydrogen (secondary N) is 1. The van der Waals surface area contributed by atoms with Gasteiger partial charge in [-0.15, -0.1) is 0 Å². The zero-order valence-electron chi connectivity index (χ0n) is 11.2. The summed E-state index contributed by atoms with van der Waals surface area (Å²) in [6.07, 6.45) is 0. The van der Waals surface area contributed by atoms with Crippen LogP contribution < -0.4 is 11.5 Å². The van der Waals surface area contributed by atoms with Gasteiger partial charge in [-0.05, 0) is 24.3 Å². The molecule has 0 radical (unpaired) electrons. The number of alkyl halides is 4. The highest BCUT2D eigenvalue weighted by molar-refractivity contribution is 6.07. The number of ether oxygens (including phenoxy) is 1. The van der Waals surface area contributed by atoms with E-state index in [1.54, 1.807) is 0 Å². The average molecular weight is 320 g/mol. The molecule has 10 heteroatoms. The highest BCUT2D eigenvalue weighted by Gasteiger charge is 2.66. The Labute approximate surface area is 122 Å². The Morgan fingerprint density at radius 2 is 1.68 bits per heavy atom. The molecule has 22 heavy (non-hydrogen) atoms. The van der Waals surface area contributed by atoms with Gasteiger partial charge in [0.25, 0.3) is 0 Å². The molecule has 120 valence electrons. The van der Waals surface area contributed by atoms with Crippen LogP contribution in [-0.4, -0.2) is 36.6 Å². The molecule has 0 aromatic heterocycles. The van der Waals surface area contributed by atoms with Gasteiger partial charge in [0.2, 0.25) is 0 Å². The lowest BCUT2D eigenvalue weighted by Gasteiger charge is -2.23. The highest BCUT2D eigenvalue weighted by atomic mass is 19.3. The molecule has 0 aliphatic rings. The normalized spacial score (nSPS) is 12.9. The van der Waals surface area contributed by atoms with Crippen molar-refractivity contribution in [3.63, 3.8) is 0 Å². The van der Waals surface area contributed by atoms with Gasteiger partial charge in [0.05, 0.1) is 7.11 Å². The zero-order valence-corrected chi connectivity index (χ0v) is 11.2. The monoisotopic (exact) mass is 320 g/mol. The molecular weight excluding hydrogens is 308 g/mol. The van der Waals surface area contributed by atoms with Crippen LogP contribution in [0.1, 0.15) is 5.56 Å². The maximum Gasteiger partial charge on any atom is 0.411 e. The van der Waals surface area contributed by atoms with Crippen molar-refractivity contribution >= 4 is 23.3 Å². The lowest BCUT2D eigenvalue weighted by atomic mass is 10.1. The van der Waals surface area contributed by atoms with Gasteiger partial charge in [-0.25, -0.2) is 9.79 Å². The average Bonchev–Trinajstić information content (AvgIpc) is 2.46. The van der Waals surface area contributed by atoms with Crippen LogP contribution in [0.4, 0.5) is 23.2 Å². The molecule has 0 spiro atoms. The highest BCUT2D eigenvalue weighted by Crippen LogP contribution is 2.35. The molecule has 0 atom stereocenters. The van der Waals surface area contributed by atoms with E-state index in [9.17, 15) is 22.4 Å². The second kappa shape index (κ2) is 6.00. The number of hydrogen-bond donors (Lipinski definition) is 3. The van der Waals surface area contributed by atoms with Crippen molar-refractivity contribution in [2.75, 3.05) is 12.8 Å². The smallest absolute Gasteiger partial charge is 0.411 e. The number of halogens is 4. The van der Waals surface area contributed by atoms with Crippen molar-refractivity contribution in [3.05, 3.63) is 29.8 Å². The summed E-state index contributed by atoms with van der Waals surface area (Å²) in [5, 5.41) is 7.46. The Morgan fingerprint density at radius 3 is 2.14 bits per heavy atom. The van der Waals surface area contributed by atoms with E-state index in [0.29, 0.717) is 12.8 Å². The molecule has 0 saturated carbocycles. The van der Waals surface area contributed by atoms with Gasteiger partial charge >= 0.3 is 17.8 Å². The van der Waals surface area contributed by atoms with E-state index in [-0.39, 0.29) is 5.56 Å². The second-order valence-electron chi connectivity index (χ2n) is 4.11. The van der Waals surface area contributed by atoms with Crippen LogP contribution >= 0.6 is 0 Å². The van der Waals surface area contributed by atoms with Gasteiger partial charge in [0, 0.05) is 11.3 Å². The Hall–Kier alpha value is -2.65. The topological polar surface area (TPSA) is 115 Å². The van der Waals surface area contributed by atoms with Crippen LogP contribution in [0, 0.1) is 5.41 Å². The molecular formula is C12H12F4N4O2. The van der Waals surface area contributed by atoms with E-state index in [1.807, 2.05) is 0 Å². The largest absolute Gasteiger partial charge is 0.464 e. The number of nitrogens with two attached hydrogens (primary N) is 2. The van der Waals surface area contributed by atoms with Gasteiger partial charge in [0.15, 0.2) is 11.7 Å². The first kappa shape index (κ1) is 17.4. The van der Waals surface area contributed by atoms with Crippen molar-refractivity contribution in [3.8, 4) is 0 Å². The molecule has 0 aliphatic heterocycles. The first-order chi connectivity index (χ1) is 10.0. The van der Waals surface area contributed by atoms with E-state index in [4.69, 9.17) is 16.9 Å². The fourth-order valence-electron chi connectivity index (χ4n) is 1.31. The van der Waals surface area contributed by atoms with Crippen LogP contribution in [0.5, 0.6) is 0 Å². The predicted molar refractivity (Wildman–Crippen MR) is 71.2 cm³/mol. The molecule has 5 N–H and O–H groups in total. The molecule has 1 aromatic rings. The zero-order chi connectivity index (χ0) is 17.1. The summed E-state index contributed by atoms with van der Waals surface area (Å²) >= 11 is 0. The Morgan fingerprint density at radius 1 is 1.18 bits per heavy atom. The molecule has 0 unspecified atom stereocenters.